The molecule has 2 heterocycles. The Morgan fingerprint density at radius 1 is 1.22 bits per heavy atom. The summed E-state index contributed by atoms with van der Waals surface area (Å²) in [6, 6.07) is 12.1. The van der Waals surface area contributed by atoms with E-state index < -0.39 is 0 Å². The van der Waals surface area contributed by atoms with Crippen LogP contribution in [-0.2, 0) is 11.8 Å². The van der Waals surface area contributed by atoms with Crippen molar-refractivity contribution >= 4 is 29.3 Å². The van der Waals surface area contributed by atoms with Crippen molar-refractivity contribution in [3.05, 3.63) is 59.5 Å². The Balaban J connectivity index is 1.56. The lowest BCUT2D eigenvalue weighted by Gasteiger charge is -2.07. The van der Waals surface area contributed by atoms with Gasteiger partial charge in [0, 0.05) is 31.8 Å². The van der Waals surface area contributed by atoms with E-state index in [1.807, 2.05) is 30.1 Å². The average molecular weight is 399 g/mol. The van der Waals surface area contributed by atoms with Gasteiger partial charge in [0.05, 0.1) is 11.3 Å². The third kappa shape index (κ3) is 3.73. The Kier molecular flexibility index (Phi) is 4.93. The van der Waals surface area contributed by atoms with E-state index in [4.69, 9.17) is 11.6 Å². The molecule has 2 atom stereocenters. The molecule has 0 bridgehead atoms. The highest BCUT2D eigenvalue weighted by Gasteiger charge is 2.43. The molecule has 3 aromatic rings. The number of aromatic nitrogens is 3. The summed E-state index contributed by atoms with van der Waals surface area (Å²) < 4.78 is 1.99. The summed E-state index contributed by atoms with van der Waals surface area (Å²) in [5, 5.41) is 5.24. The Hall–Kier alpha value is -2.31. The second-order valence-corrected chi connectivity index (χ2v) is 8.06. The maximum atomic E-state index is 11.7. The number of carbonyl (C=O) groups excluding carboxylic acids is 1. The summed E-state index contributed by atoms with van der Waals surface area (Å²) >= 11 is 7.48. The van der Waals surface area contributed by atoms with Crippen LogP contribution >= 0.6 is 23.4 Å². The molecular weight excluding hydrogens is 380 g/mol. The molecule has 138 valence electrons. The number of aryl methyl sites for hydroxylation is 1. The number of nitrogens with zero attached hydrogens (tertiary/aromatic N) is 3. The summed E-state index contributed by atoms with van der Waals surface area (Å²) in [5.41, 5.74) is 3.18. The van der Waals surface area contributed by atoms with Crippen LogP contribution in [0.25, 0.3) is 11.3 Å². The minimum absolute atomic E-state index is 0.109. The molecule has 0 saturated heterocycles. The first kappa shape index (κ1) is 18.1. The van der Waals surface area contributed by atoms with E-state index in [-0.39, 0.29) is 11.8 Å². The number of benzene rings is 1. The van der Waals surface area contributed by atoms with Gasteiger partial charge in [-0.25, -0.2) is 9.97 Å². The molecule has 1 saturated carbocycles. The second-order valence-electron chi connectivity index (χ2n) is 6.61. The van der Waals surface area contributed by atoms with E-state index in [2.05, 4.69) is 39.6 Å². The Morgan fingerprint density at radius 3 is 2.67 bits per heavy atom. The van der Waals surface area contributed by atoms with Crippen LogP contribution in [0.2, 0.25) is 5.02 Å². The van der Waals surface area contributed by atoms with Crippen molar-refractivity contribution < 1.29 is 4.79 Å². The summed E-state index contributed by atoms with van der Waals surface area (Å²) in [6.07, 6.45) is 4.38. The Bertz CT molecular complexity index is 969. The van der Waals surface area contributed by atoms with E-state index >= 15 is 0 Å². The zero-order valence-electron chi connectivity index (χ0n) is 15.0. The molecule has 2 aromatic heterocycles. The number of imidazole rings is 1. The summed E-state index contributed by atoms with van der Waals surface area (Å²) in [6.45, 7) is 0. The first-order valence-electron chi connectivity index (χ1n) is 8.69. The molecule has 4 rings (SSSR count). The molecule has 1 fully saturated rings. The van der Waals surface area contributed by atoms with E-state index in [0.717, 1.165) is 27.7 Å². The molecule has 0 unspecified atom stereocenters. The molecule has 1 N–H and O–H groups in total. The van der Waals surface area contributed by atoms with Gasteiger partial charge in [-0.3, -0.25) is 4.79 Å². The van der Waals surface area contributed by atoms with Crippen LogP contribution in [0.15, 0.2) is 59.0 Å². The highest BCUT2D eigenvalue weighted by atomic mass is 35.5. The van der Waals surface area contributed by atoms with Crippen LogP contribution in [0, 0.1) is 5.92 Å². The van der Waals surface area contributed by atoms with E-state index in [9.17, 15) is 4.79 Å². The second kappa shape index (κ2) is 7.37. The predicted octanol–water partition coefficient (Wildman–Crippen LogP) is 4.14. The number of carbonyl (C=O) groups is 1. The van der Waals surface area contributed by atoms with E-state index in [1.165, 1.54) is 5.56 Å². The van der Waals surface area contributed by atoms with Gasteiger partial charge in [-0.15, -0.1) is 0 Å². The molecule has 7 heteroatoms. The first-order chi connectivity index (χ1) is 13.1. The fourth-order valence-corrected chi connectivity index (χ4v) is 4.20. The van der Waals surface area contributed by atoms with Gasteiger partial charge in [0.2, 0.25) is 5.91 Å². The largest absolute Gasteiger partial charge is 0.359 e. The quantitative estimate of drug-likeness (QED) is 0.701. The van der Waals surface area contributed by atoms with Crippen LogP contribution in [0.4, 0.5) is 0 Å². The summed E-state index contributed by atoms with van der Waals surface area (Å²) in [7, 11) is 3.66. The van der Waals surface area contributed by atoms with Crippen LogP contribution in [0.5, 0.6) is 0 Å². The molecule has 1 aromatic carbocycles. The minimum Gasteiger partial charge on any atom is -0.359 e. The van der Waals surface area contributed by atoms with Gasteiger partial charge in [0.1, 0.15) is 15.7 Å². The first-order valence-corrected chi connectivity index (χ1v) is 9.89. The van der Waals surface area contributed by atoms with Gasteiger partial charge in [-0.1, -0.05) is 35.9 Å². The maximum Gasteiger partial charge on any atom is 0.223 e. The Morgan fingerprint density at radius 2 is 2.00 bits per heavy atom. The van der Waals surface area contributed by atoms with Gasteiger partial charge < -0.3 is 9.88 Å². The fraction of sp³-hybridized carbons (Fsp3) is 0.250. The standard InChI is InChI=1S/C20H19ClN4OS/c1-22-19(26)16-9-15(16)12-3-5-13(6-4-12)18-20(25(2)11-24-18)27-17-8-7-14(21)10-23-17/h3-8,10-11,15-16H,9H2,1-2H3,(H,22,26)/t15-,16-/m0/s1. The molecule has 27 heavy (non-hydrogen) atoms. The van der Waals surface area contributed by atoms with Crippen LogP contribution in [0.3, 0.4) is 0 Å². The minimum atomic E-state index is 0.109. The molecule has 1 aliphatic carbocycles. The zero-order chi connectivity index (χ0) is 19.0. The van der Waals surface area contributed by atoms with E-state index in [1.54, 1.807) is 25.0 Å². The highest BCUT2D eigenvalue weighted by Crippen LogP contribution is 2.47. The number of hydrogen-bond donors (Lipinski definition) is 1. The number of rotatable bonds is 5. The number of pyridine rings is 1. The van der Waals surface area contributed by atoms with Gasteiger partial charge in [0.25, 0.3) is 0 Å². The van der Waals surface area contributed by atoms with Crippen molar-refractivity contribution in [1.29, 1.82) is 0 Å². The topological polar surface area (TPSA) is 59.8 Å². The molecule has 5 nitrogen and oxygen atoms in total. The fourth-order valence-electron chi connectivity index (χ4n) is 3.19. The molecule has 1 amide bonds. The van der Waals surface area contributed by atoms with Crippen molar-refractivity contribution in [2.45, 2.75) is 22.4 Å². The lowest BCUT2D eigenvalue weighted by molar-refractivity contribution is -0.121. The zero-order valence-corrected chi connectivity index (χ0v) is 16.6. The molecule has 0 spiro atoms. The molecular formula is C20H19ClN4OS. The number of amides is 1. The van der Waals surface area contributed by atoms with E-state index in [0.29, 0.717) is 10.9 Å². The van der Waals surface area contributed by atoms with Crippen LogP contribution < -0.4 is 5.32 Å². The van der Waals surface area contributed by atoms with Crippen LogP contribution in [0.1, 0.15) is 17.9 Å². The van der Waals surface area contributed by atoms with Crippen molar-refractivity contribution in [2.75, 3.05) is 7.05 Å². The number of hydrogen-bond acceptors (Lipinski definition) is 4. The van der Waals surface area contributed by atoms with Crippen molar-refractivity contribution in [3.63, 3.8) is 0 Å². The normalized spacial score (nSPS) is 18.3. The molecule has 0 aliphatic heterocycles. The summed E-state index contributed by atoms with van der Waals surface area (Å²) in [5.74, 6) is 0.565. The van der Waals surface area contributed by atoms with Gasteiger partial charge in [-0.05, 0) is 41.8 Å². The van der Waals surface area contributed by atoms with Crippen molar-refractivity contribution in [3.8, 4) is 11.3 Å². The van der Waals surface area contributed by atoms with Gasteiger partial charge >= 0.3 is 0 Å². The third-order valence-electron chi connectivity index (χ3n) is 4.77. The predicted molar refractivity (Wildman–Crippen MR) is 107 cm³/mol. The van der Waals surface area contributed by atoms with Crippen molar-refractivity contribution in [2.24, 2.45) is 13.0 Å². The van der Waals surface area contributed by atoms with Crippen LogP contribution in [-0.4, -0.2) is 27.5 Å². The summed E-state index contributed by atoms with van der Waals surface area (Å²) in [4.78, 5) is 20.7. The number of nitrogens with one attached hydrogen (secondary N) is 1. The molecule has 0 radical (unpaired) electrons. The smallest absolute Gasteiger partial charge is 0.223 e. The maximum absolute atomic E-state index is 11.7. The van der Waals surface area contributed by atoms with Crippen molar-refractivity contribution in [1.82, 2.24) is 19.9 Å². The van der Waals surface area contributed by atoms with Gasteiger partial charge in [0.15, 0.2) is 0 Å². The lowest BCUT2D eigenvalue weighted by Crippen LogP contribution is -2.20. The SMILES string of the molecule is CNC(=O)[C@H]1C[C@H]1c1ccc(-c2ncn(C)c2Sc2ccc(Cl)cn2)cc1. The third-order valence-corrected chi connectivity index (χ3v) is 6.12. The van der Waals surface area contributed by atoms with Gasteiger partial charge in [-0.2, -0.15) is 0 Å². The average Bonchev–Trinajstić information content (AvgIpc) is 3.41. The molecule has 1 aliphatic rings. The highest BCUT2D eigenvalue weighted by molar-refractivity contribution is 7.99. The lowest BCUT2D eigenvalue weighted by atomic mass is 10.1. The number of halogens is 1. The monoisotopic (exact) mass is 398 g/mol. The Labute approximate surface area is 167 Å².